The third-order valence-corrected chi connectivity index (χ3v) is 5.16. The highest BCUT2D eigenvalue weighted by Gasteiger charge is 2.13. The second kappa shape index (κ2) is 9.45. The fraction of sp³-hybridized carbons (Fsp3) is 0.238. The number of carbonyl (C=O) groups is 1. The number of thiazole rings is 1. The first-order valence-corrected chi connectivity index (χ1v) is 9.96. The Labute approximate surface area is 168 Å². The van der Waals surface area contributed by atoms with E-state index >= 15 is 0 Å². The summed E-state index contributed by atoms with van der Waals surface area (Å²) in [6, 6.07) is 15.1. The van der Waals surface area contributed by atoms with Crippen LogP contribution in [-0.2, 0) is 12.8 Å². The van der Waals surface area contributed by atoms with Gasteiger partial charge in [-0.15, -0.1) is 11.3 Å². The molecule has 3 rings (SSSR count). The number of hydrogen-bond donors (Lipinski definition) is 4. The van der Waals surface area contributed by atoms with E-state index in [0.717, 1.165) is 17.5 Å². The van der Waals surface area contributed by atoms with Crippen LogP contribution in [0, 0.1) is 0 Å². The number of aromatic nitrogens is 1. The van der Waals surface area contributed by atoms with Crippen molar-refractivity contribution in [1.82, 2.24) is 10.3 Å². The summed E-state index contributed by atoms with van der Waals surface area (Å²) < 4.78 is 0. The molecule has 28 heavy (non-hydrogen) atoms. The maximum absolute atomic E-state index is 12.6. The quantitative estimate of drug-likeness (QED) is 0.251. The van der Waals surface area contributed by atoms with Crippen LogP contribution in [0.4, 0.5) is 10.8 Å². The summed E-state index contributed by atoms with van der Waals surface area (Å²) in [6.07, 6.45) is 0.365. The molecule has 0 aliphatic carbocycles. The molecular formula is C21H24N4O2S. The van der Waals surface area contributed by atoms with E-state index in [1.54, 1.807) is 11.4 Å². The molecule has 0 amide bonds. The van der Waals surface area contributed by atoms with Crippen molar-refractivity contribution in [2.45, 2.75) is 18.9 Å². The number of nitrogens with two attached hydrogens (primary N) is 2. The van der Waals surface area contributed by atoms with Gasteiger partial charge in [-0.1, -0.05) is 36.4 Å². The number of aliphatic hydroxyl groups excluding tert-OH is 1. The summed E-state index contributed by atoms with van der Waals surface area (Å²) in [5.41, 5.74) is 15.1. The average Bonchev–Trinajstić information content (AvgIpc) is 3.11. The van der Waals surface area contributed by atoms with Crippen molar-refractivity contribution >= 4 is 27.9 Å². The Kier molecular flexibility index (Phi) is 6.76. The van der Waals surface area contributed by atoms with Gasteiger partial charge in [0.25, 0.3) is 0 Å². The molecule has 146 valence electrons. The van der Waals surface area contributed by atoms with E-state index in [4.69, 9.17) is 11.5 Å². The van der Waals surface area contributed by atoms with Gasteiger partial charge < -0.3 is 21.9 Å². The monoisotopic (exact) mass is 396 g/mol. The van der Waals surface area contributed by atoms with E-state index in [1.807, 2.05) is 42.5 Å². The molecule has 6 N–H and O–H groups in total. The molecule has 1 aromatic heterocycles. The predicted molar refractivity (Wildman–Crippen MR) is 113 cm³/mol. The number of nitrogens with zero attached hydrogens (tertiary/aromatic N) is 1. The highest BCUT2D eigenvalue weighted by Crippen LogP contribution is 2.19. The molecule has 0 saturated heterocycles. The van der Waals surface area contributed by atoms with Crippen LogP contribution in [0.15, 0.2) is 53.9 Å². The van der Waals surface area contributed by atoms with Crippen molar-refractivity contribution in [2.75, 3.05) is 24.6 Å². The van der Waals surface area contributed by atoms with Crippen LogP contribution in [0.5, 0.6) is 0 Å². The van der Waals surface area contributed by atoms with Crippen molar-refractivity contribution in [2.24, 2.45) is 0 Å². The van der Waals surface area contributed by atoms with Gasteiger partial charge in [0.05, 0.1) is 18.2 Å². The lowest BCUT2D eigenvalue weighted by Crippen LogP contribution is -2.23. The zero-order valence-electron chi connectivity index (χ0n) is 15.5. The lowest BCUT2D eigenvalue weighted by Gasteiger charge is -2.12. The molecule has 7 heteroatoms. The van der Waals surface area contributed by atoms with E-state index in [9.17, 15) is 9.90 Å². The molecule has 6 nitrogen and oxygen atoms in total. The van der Waals surface area contributed by atoms with Crippen LogP contribution in [0.1, 0.15) is 33.3 Å². The van der Waals surface area contributed by atoms with Crippen molar-refractivity contribution in [3.63, 3.8) is 0 Å². The van der Waals surface area contributed by atoms with Gasteiger partial charge in [0.1, 0.15) is 0 Å². The van der Waals surface area contributed by atoms with Gasteiger partial charge in [-0.25, -0.2) is 4.98 Å². The summed E-state index contributed by atoms with van der Waals surface area (Å²) in [7, 11) is 0. The van der Waals surface area contributed by atoms with Gasteiger partial charge in [0.15, 0.2) is 10.9 Å². The lowest BCUT2D eigenvalue weighted by molar-refractivity contribution is 0.0993. The van der Waals surface area contributed by atoms with Gasteiger partial charge in [-0.2, -0.15) is 0 Å². The van der Waals surface area contributed by atoms with E-state index in [0.29, 0.717) is 35.2 Å². The zero-order valence-corrected chi connectivity index (χ0v) is 16.3. The van der Waals surface area contributed by atoms with Gasteiger partial charge in [-0.05, 0) is 36.2 Å². The van der Waals surface area contributed by atoms with Crippen molar-refractivity contribution < 1.29 is 9.90 Å². The fourth-order valence-corrected chi connectivity index (χ4v) is 3.49. The van der Waals surface area contributed by atoms with Crippen LogP contribution >= 0.6 is 11.3 Å². The number of rotatable bonds is 9. The molecule has 2 aromatic carbocycles. The summed E-state index contributed by atoms with van der Waals surface area (Å²) in [4.78, 5) is 16.7. The highest BCUT2D eigenvalue weighted by atomic mass is 32.1. The molecule has 0 radical (unpaired) electrons. The Morgan fingerprint density at radius 1 is 1.18 bits per heavy atom. The molecule has 3 aromatic rings. The number of hydrogen-bond acceptors (Lipinski definition) is 7. The number of carbonyl (C=O) groups excluding carboxylic acids is 1. The first kappa shape index (κ1) is 20.0. The standard InChI is InChI=1S/C21H24N4O2S/c22-18-7-6-14(8-9-24-12-20(27)15-4-2-1-3-5-15)10-17(18)19(26)11-16-13-28-21(23)25-16/h1-7,10,13,20,24,27H,8-9,11-12,22H2,(H2,23,25)/t20-/m1/s1. The smallest absolute Gasteiger partial charge is 0.180 e. The van der Waals surface area contributed by atoms with Gasteiger partial charge >= 0.3 is 0 Å². The molecule has 1 heterocycles. The van der Waals surface area contributed by atoms with Crippen LogP contribution in [0.3, 0.4) is 0 Å². The normalized spacial score (nSPS) is 12.0. The third kappa shape index (κ3) is 5.39. The molecule has 0 fully saturated rings. The Balaban J connectivity index is 1.53. The molecular weight excluding hydrogens is 372 g/mol. The third-order valence-electron chi connectivity index (χ3n) is 4.44. The summed E-state index contributed by atoms with van der Waals surface area (Å²) >= 11 is 1.32. The molecule has 0 aliphatic rings. The molecule has 0 aliphatic heterocycles. The van der Waals surface area contributed by atoms with Crippen LogP contribution < -0.4 is 16.8 Å². The molecule has 0 spiro atoms. The second-order valence-corrected chi connectivity index (χ2v) is 7.47. The molecule has 0 bridgehead atoms. The Morgan fingerprint density at radius 2 is 1.96 bits per heavy atom. The van der Waals surface area contributed by atoms with Gasteiger partial charge in [0.2, 0.25) is 0 Å². The van der Waals surface area contributed by atoms with Crippen LogP contribution in [0.2, 0.25) is 0 Å². The topological polar surface area (TPSA) is 114 Å². The second-order valence-electron chi connectivity index (χ2n) is 6.58. The number of ketones is 1. The Hall–Kier alpha value is -2.74. The van der Waals surface area contributed by atoms with Crippen molar-refractivity contribution in [3.05, 3.63) is 76.3 Å². The molecule has 1 atom stereocenters. The number of aliphatic hydroxyl groups is 1. The largest absolute Gasteiger partial charge is 0.398 e. The number of nitrogens with one attached hydrogen (secondary N) is 1. The van der Waals surface area contributed by atoms with Crippen LogP contribution in [0.25, 0.3) is 0 Å². The lowest BCUT2D eigenvalue weighted by atomic mass is 10.0. The van der Waals surface area contributed by atoms with E-state index < -0.39 is 6.10 Å². The average molecular weight is 397 g/mol. The first-order chi connectivity index (χ1) is 13.5. The molecule has 0 saturated carbocycles. The Morgan fingerprint density at radius 3 is 2.68 bits per heavy atom. The minimum atomic E-state index is -0.546. The maximum atomic E-state index is 12.6. The summed E-state index contributed by atoms with van der Waals surface area (Å²) in [6.45, 7) is 1.15. The highest BCUT2D eigenvalue weighted by molar-refractivity contribution is 7.13. The predicted octanol–water partition coefficient (Wildman–Crippen LogP) is 2.60. The molecule has 0 unspecified atom stereocenters. The minimum absolute atomic E-state index is 0.0721. The number of benzene rings is 2. The van der Waals surface area contributed by atoms with E-state index in [1.165, 1.54) is 11.3 Å². The van der Waals surface area contributed by atoms with E-state index in [-0.39, 0.29) is 12.2 Å². The zero-order chi connectivity index (χ0) is 19.9. The minimum Gasteiger partial charge on any atom is -0.398 e. The first-order valence-electron chi connectivity index (χ1n) is 9.08. The summed E-state index contributed by atoms with van der Waals surface area (Å²) in [5.74, 6) is -0.0721. The number of nitrogen functional groups attached to an aromatic ring is 2. The van der Waals surface area contributed by atoms with Gasteiger partial charge in [-0.3, -0.25) is 4.79 Å². The Bertz CT molecular complexity index is 927. The number of Topliss-reactive ketones (excluding diaryl/α,β-unsaturated/α-hetero) is 1. The van der Waals surface area contributed by atoms with Crippen molar-refractivity contribution in [1.29, 1.82) is 0 Å². The summed E-state index contributed by atoms with van der Waals surface area (Å²) in [5, 5.41) is 15.7. The fourth-order valence-electron chi connectivity index (χ4n) is 2.93. The number of anilines is 2. The van der Waals surface area contributed by atoms with Crippen LogP contribution in [-0.4, -0.2) is 29.0 Å². The van der Waals surface area contributed by atoms with E-state index in [2.05, 4.69) is 10.3 Å². The van der Waals surface area contributed by atoms with Gasteiger partial charge in [0, 0.05) is 23.2 Å². The SMILES string of the molecule is Nc1nc(CC(=O)c2cc(CCNC[C@@H](O)c3ccccc3)ccc2N)cs1. The maximum Gasteiger partial charge on any atom is 0.180 e. The van der Waals surface area contributed by atoms with Crippen molar-refractivity contribution in [3.8, 4) is 0 Å².